The molecule has 2 aromatic heterocycles. The minimum absolute atomic E-state index is 0.0431. The number of aryl methyl sites for hydroxylation is 1. The van der Waals surface area contributed by atoms with Gasteiger partial charge in [0.05, 0.1) is 12.2 Å². The summed E-state index contributed by atoms with van der Waals surface area (Å²) < 4.78 is 0. The van der Waals surface area contributed by atoms with Crippen molar-refractivity contribution < 1.29 is 9.90 Å². The van der Waals surface area contributed by atoms with Crippen LogP contribution in [0.25, 0.3) is 0 Å². The van der Waals surface area contributed by atoms with Gasteiger partial charge in [-0.15, -0.1) is 0 Å². The first kappa shape index (κ1) is 13.0. The van der Waals surface area contributed by atoms with Gasteiger partial charge < -0.3 is 10.0 Å². The summed E-state index contributed by atoms with van der Waals surface area (Å²) in [5.41, 5.74) is 2.75. The largest absolute Gasteiger partial charge is 0.477 e. The van der Waals surface area contributed by atoms with E-state index in [2.05, 4.69) is 9.97 Å². The third-order valence-corrected chi connectivity index (χ3v) is 2.75. The first-order valence-electron chi connectivity index (χ1n) is 5.89. The minimum Gasteiger partial charge on any atom is -0.477 e. The summed E-state index contributed by atoms with van der Waals surface area (Å²) in [6.45, 7) is 2.56. The van der Waals surface area contributed by atoms with E-state index < -0.39 is 5.97 Å². The quantitative estimate of drug-likeness (QED) is 0.908. The van der Waals surface area contributed by atoms with E-state index in [0.717, 1.165) is 17.1 Å². The lowest BCUT2D eigenvalue weighted by atomic mass is 10.2. The second kappa shape index (κ2) is 5.48. The van der Waals surface area contributed by atoms with Gasteiger partial charge in [0.25, 0.3) is 0 Å². The summed E-state index contributed by atoms with van der Waals surface area (Å²) in [7, 11) is 1.89. The van der Waals surface area contributed by atoms with E-state index in [1.54, 1.807) is 12.1 Å². The van der Waals surface area contributed by atoms with Crippen LogP contribution < -0.4 is 4.90 Å². The normalized spacial score (nSPS) is 10.2. The van der Waals surface area contributed by atoms with Gasteiger partial charge in [-0.3, -0.25) is 4.98 Å². The van der Waals surface area contributed by atoms with Crippen LogP contribution in [-0.4, -0.2) is 28.1 Å². The molecule has 98 valence electrons. The zero-order valence-corrected chi connectivity index (χ0v) is 10.9. The van der Waals surface area contributed by atoms with E-state index in [1.807, 2.05) is 37.1 Å². The lowest BCUT2D eigenvalue weighted by Gasteiger charge is -2.19. The molecule has 0 bridgehead atoms. The average molecular weight is 257 g/mol. The molecule has 0 aliphatic rings. The van der Waals surface area contributed by atoms with Crippen molar-refractivity contribution in [2.75, 3.05) is 11.9 Å². The van der Waals surface area contributed by atoms with Crippen molar-refractivity contribution in [1.29, 1.82) is 0 Å². The highest BCUT2D eigenvalue weighted by Gasteiger charge is 2.08. The maximum absolute atomic E-state index is 10.9. The van der Waals surface area contributed by atoms with Crippen molar-refractivity contribution in [1.82, 2.24) is 9.97 Å². The number of anilines is 1. The number of carbonyl (C=O) groups is 1. The van der Waals surface area contributed by atoms with Gasteiger partial charge in [0, 0.05) is 24.6 Å². The number of aromatic carboxylic acids is 1. The number of rotatable bonds is 4. The fourth-order valence-corrected chi connectivity index (χ4v) is 1.80. The number of aromatic nitrogens is 2. The van der Waals surface area contributed by atoms with E-state index in [-0.39, 0.29) is 5.69 Å². The van der Waals surface area contributed by atoms with Gasteiger partial charge in [0.15, 0.2) is 0 Å². The van der Waals surface area contributed by atoms with Crippen molar-refractivity contribution in [3.8, 4) is 0 Å². The minimum atomic E-state index is -1.02. The summed E-state index contributed by atoms with van der Waals surface area (Å²) in [6.07, 6.45) is 1.50. The monoisotopic (exact) mass is 257 g/mol. The summed E-state index contributed by atoms with van der Waals surface area (Å²) >= 11 is 0. The number of carboxylic acids is 1. The molecule has 0 spiro atoms. The SMILES string of the molecule is Cc1cccc(CN(C)c2ccnc(C(=O)O)c2)n1. The number of carboxylic acid groups (broad SMARTS) is 1. The Morgan fingerprint density at radius 2 is 2.16 bits per heavy atom. The average Bonchev–Trinajstić information content (AvgIpc) is 2.39. The summed E-state index contributed by atoms with van der Waals surface area (Å²) in [5.74, 6) is -1.02. The van der Waals surface area contributed by atoms with E-state index in [4.69, 9.17) is 5.11 Å². The molecule has 0 radical (unpaired) electrons. The van der Waals surface area contributed by atoms with Crippen molar-refractivity contribution in [3.05, 3.63) is 53.6 Å². The fourth-order valence-electron chi connectivity index (χ4n) is 1.80. The third kappa shape index (κ3) is 3.28. The Balaban J connectivity index is 2.18. The van der Waals surface area contributed by atoms with Gasteiger partial charge in [-0.2, -0.15) is 0 Å². The fraction of sp³-hybridized carbons (Fsp3) is 0.214. The molecule has 2 rings (SSSR count). The predicted molar refractivity (Wildman–Crippen MR) is 72.3 cm³/mol. The Morgan fingerprint density at radius 1 is 1.37 bits per heavy atom. The molecule has 2 aromatic rings. The second-order valence-corrected chi connectivity index (χ2v) is 4.33. The van der Waals surface area contributed by atoms with E-state index >= 15 is 0 Å². The second-order valence-electron chi connectivity index (χ2n) is 4.33. The van der Waals surface area contributed by atoms with Gasteiger partial charge in [-0.1, -0.05) is 6.07 Å². The van der Waals surface area contributed by atoms with Crippen molar-refractivity contribution >= 4 is 11.7 Å². The molecule has 0 fully saturated rings. The van der Waals surface area contributed by atoms with Crippen LogP contribution in [0, 0.1) is 6.92 Å². The molecule has 0 unspecified atom stereocenters. The molecule has 5 nitrogen and oxygen atoms in total. The van der Waals surface area contributed by atoms with Gasteiger partial charge in [-0.05, 0) is 31.2 Å². The van der Waals surface area contributed by atoms with Crippen molar-refractivity contribution in [3.63, 3.8) is 0 Å². The van der Waals surface area contributed by atoms with Crippen LogP contribution in [0.4, 0.5) is 5.69 Å². The van der Waals surface area contributed by atoms with E-state index in [1.165, 1.54) is 6.20 Å². The van der Waals surface area contributed by atoms with Crippen LogP contribution in [0.2, 0.25) is 0 Å². The molecule has 0 saturated carbocycles. The van der Waals surface area contributed by atoms with Crippen molar-refractivity contribution in [2.45, 2.75) is 13.5 Å². The summed E-state index contributed by atoms with van der Waals surface area (Å²) in [4.78, 5) is 21.0. The van der Waals surface area contributed by atoms with Gasteiger partial charge in [-0.25, -0.2) is 9.78 Å². The smallest absolute Gasteiger partial charge is 0.354 e. The Hall–Kier alpha value is -2.43. The number of pyridine rings is 2. The molecule has 19 heavy (non-hydrogen) atoms. The molecule has 0 aliphatic carbocycles. The lowest BCUT2D eigenvalue weighted by molar-refractivity contribution is 0.0690. The zero-order chi connectivity index (χ0) is 13.8. The van der Waals surface area contributed by atoms with Crippen molar-refractivity contribution in [2.24, 2.45) is 0 Å². The summed E-state index contributed by atoms with van der Waals surface area (Å²) in [6, 6.07) is 9.18. The molecule has 0 aliphatic heterocycles. The standard InChI is InChI=1S/C14H15N3O2/c1-10-4-3-5-11(16-10)9-17(2)12-6-7-15-13(8-12)14(18)19/h3-8H,9H2,1-2H3,(H,18,19). The highest BCUT2D eigenvalue weighted by atomic mass is 16.4. The highest BCUT2D eigenvalue weighted by Crippen LogP contribution is 2.15. The summed E-state index contributed by atoms with van der Waals surface area (Å²) in [5, 5.41) is 8.92. The first-order chi connectivity index (χ1) is 9.06. The Labute approximate surface area is 111 Å². The molecule has 2 heterocycles. The number of hydrogen-bond donors (Lipinski definition) is 1. The van der Waals surface area contributed by atoms with Crippen LogP contribution in [0.3, 0.4) is 0 Å². The van der Waals surface area contributed by atoms with Gasteiger partial charge in [0.1, 0.15) is 5.69 Å². The van der Waals surface area contributed by atoms with Crippen LogP contribution in [0.5, 0.6) is 0 Å². The molecular weight excluding hydrogens is 242 g/mol. The molecule has 0 aromatic carbocycles. The van der Waals surface area contributed by atoms with Gasteiger partial charge >= 0.3 is 5.97 Å². The molecule has 1 N–H and O–H groups in total. The molecule has 0 atom stereocenters. The molecule has 5 heteroatoms. The Bertz CT molecular complexity index is 599. The van der Waals surface area contributed by atoms with Crippen LogP contribution in [0.15, 0.2) is 36.5 Å². The highest BCUT2D eigenvalue weighted by molar-refractivity contribution is 5.86. The third-order valence-electron chi connectivity index (χ3n) is 2.75. The Kier molecular flexibility index (Phi) is 3.75. The topological polar surface area (TPSA) is 66.3 Å². The predicted octanol–water partition coefficient (Wildman–Crippen LogP) is 2.12. The maximum atomic E-state index is 10.9. The van der Waals surface area contributed by atoms with E-state index in [0.29, 0.717) is 6.54 Å². The number of nitrogens with zero attached hydrogens (tertiary/aromatic N) is 3. The maximum Gasteiger partial charge on any atom is 0.354 e. The Morgan fingerprint density at radius 3 is 2.84 bits per heavy atom. The first-order valence-corrected chi connectivity index (χ1v) is 5.89. The zero-order valence-electron chi connectivity index (χ0n) is 10.9. The number of hydrogen-bond acceptors (Lipinski definition) is 4. The molecule has 0 amide bonds. The van der Waals surface area contributed by atoms with Gasteiger partial charge in [0.2, 0.25) is 0 Å². The molecule has 0 saturated heterocycles. The van der Waals surface area contributed by atoms with Crippen LogP contribution >= 0.6 is 0 Å². The lowest BCUT2D eigenvalue weighted by Crippen LogP contribution is -2.18. The molecular formula is C14H15N3O2. The van der Waals surface area contributed by atoms with Crippen LogP contribution in [0.1, 0.15) is 21.9 Å². The van der Waals surface area contributed by atoms with E-state index in [9.17, 15) is 4.79 Å². The van der Waals surface area contributed by atoms with Crippen LogP contribution in [-0.2, 0) is 6.54 Å².